The largest absolute Gasteiger partial charge is 0.394 e. The van der Waals surface area contributed by atoms with Gasteiger partial charge in [0.15, 0.2) is 0 Å². The molecule has 4 N–H and O–H groups in total. The van der Waals surface area contributed by atoms with Crippen molar-refractivity contribution in [3.8, 4) is 0 Å². The van der Waals surface area contributed by atoms with Crippen LogP contribution in [0.15, 0.2) is 47.7 Å². The second-order valence-corrected chi connectivity index (χ2v) is 4.80. The van der Waals surface area contributed by atoms with Crippen LogP contribution >= 0.6 is 0 Å². The highest BCUT2D eigenvalue weighted by molar-refractivity contribution is 5.77. The fourth-order valence-electron chi connectivity index (χ4n) is 2.35. The van der Waals surface area contributed by atoms with Crippen molar-refractivity contribution in [1.82, 2.24) is 20.3 Å². The normalized spacial score (nSPS) is 12.6. The van der Waals surface area contributed by atoms with Crippen molar-refractivity contribution in [3.63, 3.8) is 0 Å². The molecule has 1 atom stereocenters. The quantitative estimate of drug-likeness (QED) is 0.564. The Bertz CT molecular complexity index is 779. The molecule has 0 fully saturated rings. The fourth-order valence-corrected chi connectivity index (χ4v) is 2.35. The first kappa shape index (κ1) is 13.5. The van der Waals surface area contributed by atoms with E-state index >= 15 is 0 Å². The molecule has 0 saturated heterocycles. The van der Waals surface area contributed by atoms with E-state index in [2.05, 4.69) is 20.3 Å². The van der Waals surface area contributed by atoms with Gasteiger partial charge in [-0.1, -0.05) is 30.3 Å². The maximum absolute atomic E-state index is 11.6. The number of aliphatic hydroxyl groups is 1. The molecular formula is C15H16N4O2. The SMILES string of the molecule is O=c1[nH]cnc2c(CNC(CO)c3ccccc3)c[nH]c12. The van der Waals surface area contributed by atoms with Crippen LogP contribution in [0.3, 0.4) is 0 Å². The van der Waals surface area contributed by atoms with Gasteiger partial charge in [-0.15, -0.1) is 0 Å². The van der Waals surface area contributed by atoms with Crippen LogP contribution in [0.4, 0.5) is 0 Å². The summed E-state index contributed by atoms with van der Waals surface area (Å²) in [5.41, 5.74) is 2.84. The average Bonchev–Trinajstić information content (AvgIpc) is 2.94. The summed E-state index contributed by atoms with van der Waals surface area (Å²) in [6.07, 6.45) is 3.15. The summed E-state index contributed by atoms with van der Waals surface area (Å²) in [5, 5.41) is 12.8. The van der Waals surface area contributed by atoms with Crippen molar-refractivity contribution >= 4 is 11.0 Å². The Morgan fingerprint density at radius 2 is 2.05 bits per heavy atom. The van der Waals surface area contributed by atoms with Crippen molar-refractivity contribution in [2.75, 3.05) is 6.61 Å². The first-order chi connectivity index (χ1) is 10.3. The molecule has 0 amide bonds. The van der Waals surface area contributed by atoms with Crippen LogP contribution in [0.5, 0.6) is 0 Å². The summed E-state index contributed by atoms with van der Waals surface area (Å²) in [6.45, 7) is 0.511. The van der Waals surface area contributed by atoms with Crippen LogP contribution in [0.25, 0.3) is 11.0 Å². The van der Waals surface area contributed by atoms with Gasteiger partial charge in [0.1, 0.15) is 5.52 Å². The monoisotopic (exact) mass is 284 g/mol. The molecule has 6 heteroatoms. The number of benzene rings is 1. The number of nitrogens with one attached hydrogen (secondary N) is 3. The molecule has 3 rings (SSSR count). The molecule has 0 spiro atoms. The van der Waals surface area contributed by atoms with Crippen LogP contribution < -0.4 is 10.9 Å². The van der Waals surface area contributed by atoms with Gasteiger partial charge in [0.25, 0.3) is 5.56 Å². The molecule has 108 valence electrons. The minimum atomic E-state index is -0.187. The molecular weight excluding hydrogens is 268 g/mol. The van der Waals surface area contributed by atoms with Crippen molar-refractivity contribution in [2.45, 2.75) is 12.6 Å². The summed E-state index contributed by atoms with van der Waals surface area (Å²) in [4.78, 5) is 21.3. The zero-order valence-corrected chi connectivity index (χ0v) is 11.3. The molecule has 0 bridgehead atoms. The number of rotatable bonds is 5. The van der Waals surface area contributed by atoms with Crippen molar-refractivity contribution in [1.29, 1.82) is 0 Å². The Morgan fingerprint density at radius 1 is 1.24 bits per heavy atom. The Morgan fingerprint density at radius 3 is 2.81 bits per heavy atom. The predicted octanol–water partition coefficient (Wildman–Crippen LogP) is 1.07. The van der Waals surface area contributed by atoms with Crippen LogP contribution in [-0.4, -0.2) is 26.7 Å². The van der Waals surface area contributed by atoms with Gasteiger partial charge in [-0.3, -0.25) is 4.79 Å². The van der Waals surface area contributed by atoms with Gasteiger partial charge in [0, 0.05) is 18.3 Å². The standard InChI is InChI=1S/C15H16N4O2/c20-8-12(10-4-2-1-3-5-10)16-6-11-7-17-14-13(11)18-9-19-15(14)21/h1-5,7,9,12,16-17,20H,6,8H2,(H,18,19,21). The number of nitrogens with zero attached hydrogens (tertiary/aromatic N) is 1. The van der Waals surface area contributed by atoms with Crippen LogP contribution in [-0.2, 0) is 6.54 Å². The number of fused-ring (bicyclic) bond motifs is 1. The van der Waals surface area contributed by atoms with E-state index in [0.717, 1.165) is 11.1 Å². The smallest absolute Gasteiger partial charge is 0.275 e. The lowest BCUT2D eigenvalue weighted by Crippen LogP contribution is -2.23. The molecule has 6 nitrogen and oxygen atoms in total. The Hall–Kier alpha value is -2.44. The van der Waals surface area contributed by atoms with Gasteiger partial charge in [-0.05, 0) is 5.56 Å². The minimum Gasteiger partial charge on any atom is -0.394 e. The Balaban J connectivity index is 1.80. The molecule has 2 aromatic heterocycles. The summed E-state index contributed by atoms with van der Waals surface area (Å²) >= 11 is 0. The Labute approximate surface area is 120 Å². The molecule has 1 unspecified atom stereocenters. The van der Waals surface area contributed by atoms with Gasteiger partial charge in [-0.25, -0.2) is 4.98 Å². The van der Waals surface area contributed by atoms with Crippen LogP contribution in [0.1, 0.15) is 17.2 Å². The highest BCUT2D eigenvalue weighted by atomic mass is 16.3. The zero-order chi connectivity index (χ0) is 14.7. The van der Waals surface area contributed by atoms with Gasteiger partial charge in [0.2, 0.25) is 0 Å². The summed E-state index contributed by atoms with van der Waals surface area (Å²) in [5.74, 6) is 0. The molecule has 0 aliphatic rings. The number of aromatic amines is 2. The molecule has 0 aliphatic carbocycles. The lowest BCUT2D eigenvalue weighted by molar-refractivity contribution is 0.244. The zero-order valence-electron chi connectivity index (χ0n) is 11.3. The molecule has 0 radical (unpaired) electrons. The van der Waals surface area contributed by atoms with E-state index < -0.39 is 0 Å². The first-order valence-corrected chi connectivity index (χ1v) is 6.72. The van der Waals surface area contributed by atoms with Gasteiger partial charge in [-0.2, -0.15) is 0 Å². The van der Waals surface area contributed by atoms with Crippen molar-refractivity contribution in [3.05, 3.63) is 64.3 Å². The van der Waals surface area contributed by atoms with Crippen molar-refractivity contribution in [2.24, 2.45) is 0 Å². The lowest BCUT2D eigenvalue weighted by Gasteiger charge is -2.16. The molecule has 1 aromatic carbocycles. The molecule has 21 heavy (non-hydrogen) atoms. The average molecular weight is 284 g/mol. The van der Waals surface area contributed by atoms with Crippen molar-refractivity contribution < 1.29 is 5.11 Å². The molecule has 2 heterocycles. The summed E-state index contributed by atoms with van der Waals surface area (Å²) in [6, 6.07) is 9.59. The molecule has 3 aromatic rings. The topological polar surface area (TPSA) is 93.8 Å². The summed E-state index contributed by atoms with van der Waals surface area (Å²) in [7, 11) is 0. The first-order valence-electron chi connectivity index (χ1n) is 6.72. The van der Waals surface area contributed by atoms with Gasteiger partial charge < -0.3 is 20.4 Å². The van der Waals surface area contributed by atoms with E-state index in [1.54, 1.807) is 6.20 Å². The van der Waals surface area contributed by atoms with E-state index in [1.807, 2.05) is 30.3 Å². The van der Waals surface area contributed by atoms with E-state index in [0.29, 0.717) is 17.6 Å². The molecule has 0 aliphatic heterocycles. The maximum atomic E-state index is 11.6. The number of H-pyrrole nitrogens is 2. The Kier molecular flexibility index (Phi) is 3.81. The van der Waals surface area contributed by atoms with Crippen LogP contribution in [0, 0.1) is 0 Å². The number of aromatic nitrogens is 3. The van der Waals surface area contributed by atoms with Gasteiger partial charge in [0.05, 0.1) is 24.5 Å². The fraction of sp³-hybridized carbons (Fsp3) is 0.200. The third-order valence-corrected chi connectivity index (χ3v) is 3.47. The third kappa shape index (κ3) is 2.72. The maximum Gasteiger partial charge on any atom is 0.275 e. The highest BCUT2D eigenvalue weighted by Gasteiger charge is 2.12. The number of hydrogen-bond acceptors (Lipinski definition) is 4. The van der Waals surface area contributed by atoms with E-state index in [4.69, 9.17) is 0 Å². The third-order valence-electron chi connectivity index (χ3n) is 3.47. The van der Waals surface area contributed by atoms with E-state index in [-0.39, 0.29) is 18.2 Å². The highest BCUT2D eigenvalue weighted by Crippen LogP contribution is 2.15. The summed E-state index contributed by atoms with van der Waals surface area (Å²) < 4.78 is 0. The van der Waals surface area contributed by atoms with Gasteiger partial charge >= 0.3 is 0 Å². The van der Waals surface area contributed by atoms with E-state index in [9.17, 15) is 9.90 Å². The minimum absolute atomic E-state index is 0.000378. The lowest BCUT2D eigenvalue weighted by atomic mass is 10.1. The second kappa shape index (κ2) is 5.90. The second-order valence-electron chi connectivity index (χ2n) is 4.80. The van der Waals surface area contributed by atoms with Crippen LogP contribution in [0.2, 0.25) is 0 Å². The predicted molar refractivity (Wildman–Crippen MR) is 79.8 cm³/mol. The number of aliphatic hydroxyl groups excluding tert-OH is 1. The molecule has 0 saturated carbocycles. The number of hydrogen-bond donors (Lipinski definition) is 4. The van der Waals surface area contributed by atoms with E-state index in [1.165, 1.54) is 6.33 Å².